The summed E-state index contributed by atoms with van der Waals surface area (Å²) >= 11 is 0. The summed E-state index contributed by atoms with van der Waals surface area (Å²) in [5, 5.41) is 15.2. The monoisotopic (exact) mass is 274 g/mol. The lowest BCUT2D eigenvalue weighted by Crippen LogP contribution is -2.37. The molecule has 8 heteroatoms. The first-order valence-electron chi connectivity index (χ1n) is 5.59. The minimum absolute atomic E-state index is 0.118. The van der Waals surface area contributed by atoms with Gasteiger partial charge in [-0.05, 0) is 12.8 Å². The average molecular weight is 274 g/mol. The van der Waals surface area contributed by atoms with E-state index in [-0.39, 0.29) is 23.2 Å². The lowest BCUT2D eigenvalue weighted by Gasteiger charge is -2.22. The first-order chi connectivity index (χ1) is 8.46. The van der Waals surface area contributed by atoms with Gasteiger partial charge in [-0.2, -0.15) is 0 Å². The summed E-state index contributed by atoms with van der Waals surface area (Å²) in [4.78, 5) is 10.6. The highest BCUT2D eigenvalue weighted by Gasteiger charge is 2.23. The molecule has 7 nitrogen and oxygen atoms in total. The van der Waals surface area contributed by atoms with Crippen LogP contribution < -0.4 is 5.32 Å². The van der Waals surface area contributed by atoms with E-state index in [4.69, 9.17) is 9.63 Å². The molecule has 0 saturated carbocycles. The van der Waals surface area contributed by atoms with E-state index in [0.29, 0.717) is 25.1 Å². The number of aromatic carboxylic acids is 1. The molecular formula is C10H14N2O5S. The molecule has 0 amide bonds. The minimum Gasteiger partial charge on any atom is -0.476 e. The van der Waals surface area contributed by atoms with E-state index in [9.17, 15) is 13.2 Å². The van der Waals surface area contributed by atoms with Crippen molar-refractivity contribution in [3.8, 4) is 0 Å². The number of carbonyl (C=O) groups is 1. The normalized spacial score (nSPS) is 19.8. The molecule has 0 atom stereocenters. The van der Waals surface area contributed by atoms with Crippen molar-refractivity contribution in [2.75, 3.05) is 11.5 Å². The van der Waals surface area contributed by atoms with Crippen LogP contribution in [0.25, 0.3) is 0 Å². The summed E-state index contributed by atoms with van der Waals surface area (Å²) in [6.45, 7) is 0.352. The van der Waals surface area contributed by atoms with Gasteiger partial charge in [-0.1, -0.05) is 5.16 Å². The Labute approximate surface area is 104 Å². The van der Waals surface area contributed by atoms with Crippen LogP contribution in [0.3, 0.4) is 0 Å². The number of carboxylic acids is 1. The van der Waals surface area contributed by atoms with Crippen LogP contribution in [0.2, 0.25) is 0 Å². The van der Waals surface area contributed by atoms with Gasteiger partial charge in [0.05, 0.1) is 18.1 Å². The number of rotatable bonds is 4. The summed E-state index contributed by atoms with van der Waals surface area (Å²) in [6, 6.07) is 1.47. The minimum atomic E-state index is -2.86. The zero-order valence-corrected chi connectivity index (χ0v) is 10.4. The number of sulfone groups is 1. The SMILES string of the molecule is O=C(O)c1cc(CNC2CCS(=O)(=O)CC2)on1. The van der Waals surface area contributed by atoms with Crippen LogP contribution in [-0.2, 0) is 16.4 Å². The maximum absolute atomic E-state index is 11.2. The number of hydrogen-bond donors (Lipinski definition) is 2. The summed E-state index contributed by atoms with van der Waals surface area (Å²) in [5.41, 5.74) is -0.127. The third-order valence-electron chi connectivity index (χ3n) is 2.90. The molecule has 2 N–H and O–H groups in total. The Bertz CT molecular complexity index is 522. The van der Waals surface area contributed by atoms with Crippen molar-refractivity contribution >= 4 is 15.8 Å². The first-order valence-corrected chi connectivity index (χ1v) is 7.41. The van der Waals surface area contributed by atoms with Gasteiger partial charge in [0.1, 0.15) is 9.84 Å². The van der Waals surface area contributed by atoms with Gasteiger partial charge < -0.3 is 14.9 Å². The lowest BCUT2D eigenvalue weighted by molar-refractivity contribution is 0.0685. The van der Waals surface area contributed by atoms with E-state index in [1.807, 2.05) is 0 Å². The van der Waals surface area contributed by atoms with Crippen molar-refractivity contribution in [2.45, 2.75) is 25.4 Å². The molecule has 0 aliphatic carbocycles. The third-order valence-corrected chi connectivity index (χ3v) is 4.61. The third kappa shape index (κ3) is 3.30. The van der Waals surface area contributed by atoms with Gasteiger partial charge in [-0.25, -0.2) is 13.2 Å². The molecule has 0 bridgehead atoms. The van der Waals surface area contributed by atoms with Gasteiger partial charge in [0.25, 0.3) is 0 Å². The smallest absolute Gasteiger partial charge is 0.358 e. The molecule has 0 radical (unpaired) electrons. The predicted molar refractivity (Wildman–Crippen MR) is 62.0 cm³/mol. The summed E-state index contributed by atoms with van der Waals surface area (Å²) in [7, 11) is -2.86. The highest BCUT2D eigenvalue weighted by molar-refractivity contribution is 7.91. The fourth-order valence-electron chi connectivity index (χ4n) is 1.84. The summed E-state index contributed by atoms with van der Waals surface area (Å²) in [6.07, 6.45) is 1.14. The van der Waals surface area contributed by atoms with Gasteiger partial charge in [-0.15, -0.1) is 0 Å². The Morgan fingerprint density at radius 1 is 1.50 bits per heavy atom. The highest BCUT2D eigenvalue weighted by atomic mass is 32.2. The van der Waals surface area contributed by atoms with E-state index in [1.165, 1.54) is 6.07 Å². The molecule has 1 saturated heterocycles. The average Bonchev–Trinajstić information content (AvgIpc) is 2.76. The molecule has 1 aliphatic rings. The Balaban J connectivity index is 1.83. The van der Waals surface area contributed by atoms with E-state index in [1.54, 1.807) is 0 Å². The van der Waals surface area contributed by atoms with Gasteiger partial charge >= 0.3 is 5.97 Å². The van der Waals surface area contributed by atoms with Crippen LogP contribution >= 0.6 is 0 Å². The molecule has 0 aromatic carbocycles. The zero-order chi connectivity index (χ0) is 13.2. The van der Waals surface area contributed by atoms with E-state index in [0.717, 1.165) is 0 Å². The molecule has 0 spiro atoms. The first kappa shape index (κ1) is 13.0. The second-order valence-corrected chi connectivity index (χ2v) is 6.59. The van der Waals surface area contributed by atoms with Crippen LogP contribution in [0.15, 0.2) is 10.6 Å². The quantitative estimate of drug-likeness (QED) is 0.797. The Morgan fingerprint density at radius 3 is 2.72 bits per heavy atom. The molecule has 1 aliphatic heterocycles. The van der Waals surface area contributed by atoms with Crippen molar-refractivity contribution in [1.82, 2.24) is 10.5 Å². The van der Waals surface area contributed by atoms with Crippen molar-refractivity contribution < 1.29 is 22.8 Å². The van der Waals surface area contributed by atoms with E-state index in [2.05, 4.69) is 10.5 Å². The molecule has 2 rings (SSSR count). The molecule has 2 heterocycles. The van der Waals surface area contributed by atoms with Gasteiger partial charge in [0.2, 0.25) is 0 Å². The number of aromatic nitrogens is 1. The van der Waals surface area contributed by atoms with Crippen LogP contribution in [-0.4, -0.2) is 42.2 Å². The number of hydrogen-bond acceptors (Lipinski definition) is 6. The number of nitrogens with one attached hydrogen (secondary N) is 1. The predicted octanol–water partition coefficient (Wildman–Crippen LogP) is 0.0396. The number of carboxylic acid groups (broad SMARTS) is 1. The lowest BCUT2D eigenvalue weighted by atomic mass is 10.1. The molecule has 1 aromatic heterocycles. The van der Waals surface area contributed by atoms with Gasteiger partial charge in [0.15, 0.2) is 11.5 Å². The summed E-state index contributed by atoms with van der Waals surface area (Å²) < 4.78 is 27.3. The Morgan fingerprint density at radius 2 is 2.17 bits per heavy atom. The largest absolute Gasteiger partial charge is 0.476 e. The van der Waals surface area contributed by atoms with Crippen molar-refractivity contribution in [1.29, 1.82) is 0 Å². The van der Waals surface area contributed by atoms with Gasteiger partial charge in [0, 0.05) is 12.1 Å². The standard InChI is InChI=1S/C10H14N2O5S/c13-10(14)9-5-8(17-12-9)6-11-7-1-3-18(15,16)4-2-7/h5,7,11H,1-4,6H2,(H,13,14). The second-order valence-electron chi connectivity index (χ2n) is 4.29. The fourth-order valence-corrected chi connectivity index (χ4v) is 3.33. The van der Waals surface area contributed by atoms with Crippen LogP contribution in [0.4, 0.5) is 0 Å². The maximum Gasteiger partial charge on any atom is 0.358 e. The van der Waals surface area contributed by atoms with Gasteiger partial charge in [-0.3, -0.25) is 0 Å². The van der Waals surface area contributed by atoms with E-state index >= 15 is 0 Å². The second kappa shape index (κ2) is 5.07. The molecular weight excluding hydrogens is 260 g/mol. The highest BCUT2D eigenvalue weighted by Crippen LogP contribution is 2.13. The zero-order valence-electron chi connectivity index (χ0n) is 9.63. The molecule has 18 heavy (non-hydrogen) atoms. The Hall–Kier alpha value is -1.41. The van der Waals surface area contributed by atoms with Crippen molar-refractivity contribution in [3.05, 3.63) is 17.5 Å². The molecule has 1 aromatic rings. The van der Waals surface area contributed by atoms with Crippen LogP contribution in [0, 0.1) is 0 Å². The van der Waals surface area contributed by atoms with E-state index < -0.39 is 15.8 Å². The Kier molecular flexibility index (Phi) is 3.67. The van der Waals surface area contributed by atoms with Crippen molar-refractivity contribution in [3.63, 3.8) is 0 Å². The molecule has 1 fully saturated rings. The topological polar surface area (TPSA) is 110 Å². The molecule has 0 unspecified atom stereocenters. The fraction of sp³-hybridized carbons (Fsp3) is 0.600. The molecule has 100 valence electrons. The van der Waals surface area contributed by atoms with Crippen molar-refractivity contribution in [2.24, 2.45) is 0 Å². The maximum atomic E-state index is 11.2. The summed E-state index contributed by atoms with van der Waals surface area (Å²) in [5.74, 6) is -0.308. The van der Waals surface area contributed by atoms with Crippen LogP contribution in [0.5, 0.6) is 0 Å². The number of nitrogens with zero attached hydrogens (tertiary/aromatic N) is 1. The van der Waals surface area contributed by atoms with Crippen LogP contribution in [0.1, 0.15) is 29.1 Å².